The highest BCUT2D eigenvalue weighted by Crippen LogP contribution is 2.24. The standard InChI is InChI=1S/C24H19ClFN3O2/c1-15(28(2)23(30)18-7-3-5-9-20(18)26)22-27-21-10-6-4-8-19(21)24(31)29(22)17-13-11-16(25)12-14-17/h3-15H,1-2H3. The average Bonchev–Trinajstić information content (AvgIpc) is 2.79. The minimum atomic E-state index is -0.625. The van der Waals surface area contributed by atoms with Crippen LogP contribution in [0.15, 0.2) is 77.6 Å². The second-order valence-electron chi connectivity index (χ2n) is 7.18. The van der Waals surface area contributed by atoms with E-state index in [-0.39, 0.29) is 11.1 Å². The smallest absolute Gasteiger partial charge is 0.266 e. The lowest BCUT2D eigenvalue weighted by molar-refractivity contribution is 0.0730. The fraction of sp³-hybridized carbons (Fsp3) is 0.125. The van der Waals surface area contributed by atoms with Crippen LogP contribution in [0.5, 0.6) is 0 Å². The van der Waals surface area contributed by atoms with Gasteiger partial charge in [0.2, 0.25) is 0 Å². The molecule has 4 aromatic rings. The Hall–Kier alpha value is -3.51. The van der Waals surface area contributed by atoms with Gasteiger partial charge in [-0.1, -0.05) is 35.9 Å². The lowest BCUT2D eigenvalue weighted by atomic mass is 10.1. The molecule has 0 radical (unpaired) electrons. The molecule has 0 aliphatic carbocycles. The summed E-state index contributed by atoms with van der Waals surface area (Å²) >= 11 is 6.02. The fourth-order valence-electron chi connectivity index (χ4n) is 3.44. The molecule has 1 unspecified atom stereocenters. The normalized spacial score (nSPS) is 12.0. The highest BCUT2D eigenvalue weighted by molar-refractivity contribution is 6.30. The molecule has 7 heteroatoms. The van der Waals surface area contributed by atoms with E-state index in [1.54, 1.807) is 68.6 Å². The maximum atomic E-state index is 14.2. The van der Waals surface area contributed by atoms with Crippen LogP contribution in [0.1, 0.15) is 29.1 Å². The predicted molar refractivity (Wildman–Crippen MR) is 119 cm³/mol. The van der Waals surface area contributed by atoms with Crippen molar-refractivity contribution in [1.29, 1.82) is 0 Å². The second kappa shape index (κ2) is 8.32. The Bertz CT molecular complexity index is 1330. The highest BCUT2D eigenvalue weighted by atomic mass is 35.5. The van der Waals surface area contributed by atoms with Crippen molar-refractivity contribution >= 4 is 28.4 Å². The number of nitrogens with zero attached hydrogens (tertiary/aromatic N) is 3. The molecule has 0 aliphatic rings. The van der Waals surface area contributed by atoms with Crippen LogP contribution in [0.3, 0.4) is 0 Å². The van der Waals surface area contributed by atoms with Crippen LogP contribution in [0.2, 0.25) is 5.02 Å². The Kier molecular flexibility index (Phi) is 5.57. The zero-order chi connectivity index (χ0) is 22.1. The summed E-state index contributed by atoms with van der Waals surface area (Å²) in [4.78, 5) is 32.4. The Labute approximate surface area is 183 Å². The zero-order valence-corrected chi connectivity index (χ0v) is 17.7. The first kappa shape index (κ1) is 20.8. The molecule has 31 heavy (non-hydrogen) atoms. The molecule has 3 aromatic carbocycles. The van der Waals surface area contributed by atoms with E-state index in [0.29, 0.717) is 27.4 Å². The molecule has 1 aromatic heterocycles. The molecule has 1 amide bonds. The van der Waals surface area contributed by atoms with Crippen molar-refractivity contribution in [2.45, 2.75) is 13.0 Å². The molecule has 0 bridgehead atoms. The summed E-state index contributed by atoms with van der Waals surface area (Å²) in [6, 6.07) is 19.0. The van der Waals surface area contributed by atoms with Gasteiger partial charge in [0.25, 0.3) is 11.5 Å². The van der Waals surface area contributed by atoms with Gasteiger partial charge < -0.3 is 4.90 Å². The number of benzene rings is 3. The quantitative estimate of drug-likeness (QED) is 0.452. The minimum Gasteiger partial charge on any atom is -0.332 e. The first-order valence-electron chi connectivity index (χ1n) is 9.68. The average molecular weight is 436 g/mol. The monoisotopic (exact) mass is 435 g/mol. The van der Waals surface area contributed by atoms with Gasteiger partial charge in [0.05, 0.1) is 28.2 Å². The van der Waals surface area contributed by atoms with Crippen LogP contribution < -0.4 is 5.56 Å². The van der Waals surface area contributed by atoms with E-state index in [0.717, 1.165) is 0 Å². The van der Waals surface area contributed by atoms with Crippen molar-refractivity contribution < 1.29 is 9.18 Å². The number of hydrogen-bond donors (Lipinski definition) is 0. The van der Waals surface area contributed by atoms with Gasteiger partial charge in [-0.15, -0.1) is 0 Å². The molecule has 0 saturated heterocycles. The number of aromatic nitrogens is 2. The van der Waals surface area contributed by atoms with Crippen LogP contribution in [0, 0.1) is 5.82 Å². The van der Waals surface area contributed by atoms with Crippen LogP contribution in [-0.2, 0) is 0 Å². The van der Waals surface area contributed by atoms with E-state index in [4.69, 9.17) is 16.6 Å². The SMILES string of the molecule is CC(c1nc2ccccc2c(=O)n1-c1ccc(Cl)cc1)N(C)C(=O)c1ccccc1F. The Morgan fingerprint density at radius 3 is 2.39 bits per heavy atom. The number of halogens is 2. The van der Waals surface area contributed by atoms with Gasteiger partial charge in [-0.05, 0) is 55.5 Å². The molecular formula is C24H19ClFN3O2. The Balaban J connectivity index is 1.88. The topological polar surface area (TPSA) is 55.2 Å². The van der Waals surface area contributed by atoms with Crippen LogP contribution in [-0.4, -0.2) is 27.4 Å². The summed E-state index contributed by atoms with van der Waals surface area (Å²) in [5.41, 5.74) is 0.784. The number of para-hydroxylation sites is 1. The third-order valence-corrected chi connectivity index (χ3v) is 5.52. The fourth-order valence-corrected chi connectivity index (χ4v) is 3.57. The van der Waals surface area contributed by atoms with Gasteiger partial charge in [-0.2, -0.15) is 0 Å². The van der Waals surface area contributed by atoms with Crippen molar-refractivity contribution in [3.8, 4) is 5.69 Å². The highest BCUT2D eigenvalue weighted by Gasteiger charge is 2.26. The largest absolute Gasteiger partial charge is 0.332 e. The summed E-state index contributed by atoms with van der Waals surface area (Å²) in [6.07, 6.45) is 0. The third kappa shape index (κ3) is 3.82. The molecule has 0 spiro atoms. The van der Waals surface area contributed by atoms with E-state index in [2.05, 4.69) is 0 Å². The van der Waals surface area contributed by atoms with E-state index in [1.807, 2.05) is 0 Å². The number of rotatable bonds is 4. The van der Waals surface area contributed by atoms with Crippen LogP contribution in [0.25, 0.3) is 16.6 Å². The molecule has 156 valence electrons. The molecule has 1 heterocycles. The van der Waals surface area contributed by atoms with E-state index >= 15 is 0 Å². The number of carbonyl (C=O) groups is 1. The Morgan fingerprint density at radius 2 is 1.68 bits per heavy atom. The first-order valence-corrected chi connectivity index (χ1v) is 10.1. The predicted octanol–water partition coefficient (Wildman–Crippen LogP) is 5.01. The number of fused-ring (bicyclic) bond motifs is 1. The van der Waals surface area contributed by atoms with Gasteiger partial charge in [0, 0.05) is 12.1 Å². The molecule has 4 rings (SSSR count). The summed E-state index contributed by atoms with van der Waals surface area (Å²) in [5.74, 6) is -0.748. The minimum absolute atomic E-state index is 0.0435. The lowest BCUT2D eigenvalue weighted by Gasteiger charge is -2.27. The van der Waals surface area contributed by atoms with E-state index in [1.165, 1.54) is 27.7 Å². The van der Waals surface area contributed by atoms with Crippen molar-refractivity contribution in [3.05, 3.63) is 105 Å². The van der Waals surface area contributed by atoms with Crippen molar-refractivity contribution in [1.82, 2.24) is 14.5 Å². The van der Waals surface area contributed by atoms with Crippen molar-refractivity contribution in [2.24, 2.45) is 0 Å². The van der Waals surface area contributed by atoms with Crippen molar-refractivity contribution in [3.63, 3.8) is 0 Å². The van der Waals surface area contributed by atoms with Crippen LogP contribution >= 0.6 is 11.6 Å². The summed E-state index contributed by atoms with van der Waals surface area (Å²) in [5, 5.41) is 0.989. The summed E-state index contributed by atoms with van der Waals surface area (Å²) < 4.78 is 15.7. The van der Waals surface area contributed by atoms with Gasteiger partial charge in [0.15, 0.2) is 0 Å². The van der Waals surface area contributed by atoms with Gasteiger partial charge in [-0.25, -0.2) is 9.37 Å². The third-order valence-electron chi connectivity index (χ3n) is 5.27. The van der Waals surface area contributed by atoms with E-state index in [9.17, 15) is 14.0 Å². The van der Waals surface area contributed by atoms with E-state index < -0.39 is 17.8 Å². The molecule has 0 N–H and O–H groups in total. The molecule has 1 atom stereocenters. The lowest BCUT2D eigenvalue weighted by Crippen LogP contribution is -2.35. The Morgan fingerprint density at radius 1 is 1.03 bits per heavy atom. The van der Waals surface area contributed by atoms with Crippen molar-refractivity contribution in [2.75, 3.05) is 7.05 Å². The second-order valence-corrected chi connectivity index (χ2v) is 7.61. The van der Waals surface area contributed by atoms with Gasteiger partial charge >= 0.3 is 0 Å². The summed E-state index contributed by atoms with van der Waals surface area (Å²) in [6.45, 7) is 1.75. The zero-order valence-electron chi connectivity index (χ0n) is 16.9. The maximum absolute atomic E-state index is 14.2. The van der Waals surface area contributed by atoms with Gasteiger partial charge in [0.1, 0.15) is 11.6 Å². The molecule has 0 aliphatic heterocycles. The molecule has 5 nitrogen and oxygen atoms in total. The molecular weight excluding hydrogens is 417 g/mol. The number of hydrogen-bond acceptors (Lipinski definition) is 3. The molecule has 0 fully saturated rings. The van der Waals surface area contributed by atoms with Gasteiger partial charge in [-0.3, -0.25) is 14.2 Å². The first-order chi connectivity index (χ1) is 14.9. The molecule has 0 saturated carbocycles. The van der Waals surface area contributed by atoms with Crippen LogP contribution in [0.4, 0.5) is 4.39 Å². The number of amides is 1. The number of carbonyl (C=O) groups excluding carboxylic acids is 1. The maximum Gasteiger partial charge on any atom is 0.266 e. The summed E-state index contributed by atoms with van der Waals surface area (Å²) in [7, 11) is 1.56.